The number of amides is 1. The molecule has 20 heavy (non-hydrogen) atoms. The number of aromatic nitrogens is 3. The highest BCUT2D eigenvalue weighted by Gasteiger charge is 2.18. The molecule has 106 valence electrons. The lowest BCUT2D eigenvalue weighted by molar-refractivity contribution is 0.0906. The second-order valence-corrected chi connectivity index (χ2v) is 4.82. The van der Waals surface area contributed by atoms with Crippen LogP contribution >= 0.6 is 0 Å². The van der Waals surface area contributed by atoms with Gasteiger partial charge in [-0.15, -0.1) is 5.10 Å². The molecule has 0 radical (unpaired) electrons. The fraction of sp³-hybridized carbons (Fsp3) is 0.357. The zero-order valence-electron chi connectivity index (χ0n) is 11.5. The first-order chi connectivity index (χ1) is 9.61. The maximum Gasteiger partial charge on any atom is 0.291 e. The molecule has 0 spiro atoms. The van der Waals surface area contributed by atoms with Gasteiger partial charge >= 0.3 is 0 Å². The number of nitrogens with one attached hydrogen (secondary N) is 2. The second kappa shape index (κ2) is 6.29. The number of nitrogens with zero attached hydrogens (tertiary/aromatic N) is 2. The molecular weight excluding hydrogens is 256 g/mol. The van der Waals surface area contributed by atoms with Crippen molar-refractivity contribution in [3.8, 4) is 0 Å². The van der Waals surface area contributed by atoms with Crippen LogP contribution in [0.2, 0.25) is 0 Å². The average Bonchev–Trinajstić information content (AvgIpc) is 2.95. The third kappa shape index (κ3) is 3.21. The molecule has 1 heterocycles. The molecule has 2 aromatic rings. The van der Waals surface area contributed by atoms with Crippen molar-refractivity contribution in [1.82, 2.24) is 20.5 Å². The van der Waals surface area contributed by atoms with E-state index >= 15 is 0 Å². The van der Waals surface area contributed by atoms with Gasteiger partial charge in [-0.3, -0.25) is 9.89 Å². The monoisotopic (exact) mass is 274 g/mol. The lowest BCUT2D eigenvalue weighted by Gasteiger charge is -2.15. The number of rotatable bonds is 5. The molecule has 2 rings (SSSR count). The summed E-state index contributed by atoms with van der Waals surface area (Å²) in [5.41, 5.74) is 0.836. The van der Waals surface area contributed by atoms with E-state index in [9.17, 15) is 9.90 Å². The number of aromatic amines is 1. The van der Waals surface area contributed by atoms with Gasteiger partial charge in [0.2, 0.25) is 5.82 Å². The van der Waals surface area contributed by atoms with E-state index < -0.39 is 11.9 Å². The Morgan fingerprint density at radius 1 is 1.35 bits per heavy atom. The van der Waals surface area contributed by atoms with Crippen LogP contribution < -0.4 is 5.32 Å². The molecule has 0 aliphatic carbocycles. The molecule has 0 fully saturated rings. The van der Waals surface area contributed by atoms with Crippen molar-refractivity contribution in [2.24, 2.45) is 0 Å². The molecule has 1 amide bonds. The molecule has 0 bridgehead atoms. The number of carbonyl (C=O) groups is 1. The third-order valence-corrected chi connectivity index (χ3v) is 2.94. The van der Waals surface area contributed by atoms with E-state index in [-0.39, 0.29) is 18.3 Å². The molecule has 6 nitrogen and oxygen atoms in total. The van der Waals surface area contributed by atoms with Gasteiger partial charge in [-0.05, 0) is 5.56 Å². The van der Waals surface area contributed by atoms with Crippen molar-refractivity contribution in [2.75, 3.05) is 6.61 Å². The van der Waals surface area contributed by atoms with Gasteiger partial charge in [0, 0.05) is 5.92 Å². The predicted octanol–water partition coefficient (Wildman–Crippen LogP) is 1.39. The summed E-state index contributed by atoms with van der Waals surface area (Å²) >= 11 is 0. The van der Waals surface area contributed by atoms with Gasteiger partial charge in [0.05, 0.1) is 12.6 Å². The number of carbonyl (C=O) groups excluding carboxylic acids is 1. The summed E-state index contributed by atoms with van der Waals surface area (Å²) in [5, 5.41) is 18.7. The first-order valence-corrected chi connectivity index (χ1v) is 6.50. The summed E-state index contributed by atoms with van der Waals surface area (Å²) in [6.45, 7) is 3.74. The minimum absolute atomic E-state index is 0.0862. The van der Waals surface area contributed by atoms with Gasteiger partial charge in [-0.25, -0.2) is 4.98 Å². The molecule has 1 aromatic carbocycles. The van der Waals surface area contributed by atoms with E-state index in [0.29, 0.717) is 5.82 Å². The van der Waals surface area contributed by atoms with Crippen LogP contribution in [0.25, 0.3) is 0 Å². The van der Waals surface area contributed by atoms with Crippen LogP contribution in [0.3, 0.4) is 0 Å². The fourth-order valence-corrected chi connectivity index (χ4v) is 1.78. The third-order valence-electron chi connectivity index (χ3n) is 2.94. The van der Waals surface area contributed by atoms with E-state index in [1.54, 1.807) is 0 Å². The average molecular weight is 274 g/mol. The standard InChI is InChI=1S/C14H18N4O2/c1-9(2)12-16-13(18-17-12)14(20)15-11(8-19)10-6-4-3-5-7-10/h3-7,9,11,19H,8H2,1-2H3,(H,15,20)(H,16,17,18). The van der Waals surface area contributed by atoms with E-state index in [2.05, 4.69) is 20.5 Å². The Balaban J connectivity index is 2.09. The van der Waals surface area contributed by atoms with Gasteiger partial charge in [-0.1, -0.05) is 44.2 Å². The van der Waals surface area contributed by atoms with Crippen molar-refractivity contribution >= 4 is 5.91 Å². The molecular formula is C14H18N4O2. The van der Waals surface area contributed by atoms with E-state index in [1.165, 1.54) is 0 Å². The van der Waals surface area contributed by atoms with Gasteiger partial charge in [0.25, 0.3) is 5.91 Å². The van der Waals surface area contributed by atoms with E-state index in [0.717, 1.165) is 5.56 Å². The van der Waals surface area contributed by atoms with Gasteiger partial charge in [0.1, 0.15) is 5.82 Å². The summed E-state index contributed by atoms with van der Waals surface area (Å²) < 4.78 is 0. The van der Waals surface area contributed by atoms with Crippen molar-refractivity contribution in [2.45, 2.75) is 25.8 Å². The van der Waals surface area contributed by atoms with Crippen LogP contribution in [0.1, 0.15) is 47.8 Å². The molecule has 1 atom stereocenters. The minimum Gasteiger partial charge on any atom is -0.394 e. The number of H-pyrrole nitrogens is 1. The maximum absolute atomic E-state index is 12.1. The predicted molar refractivity (Wildman–Crippen MR) is 74.2 cm³/mol. The van der Waals surface area contributed by atoms with Crippen LogP contribution in [0, 0.1) is 0 Å². The van der Waals surface area contributed by atoms with Gasteiger partial charge in [-0.2, -0.15) is 0 Å². The van der Waals surface area contributed by atoms with Crippen LogP contribution in [-0.2, 0) is 0 Å². The lowest BCUT2D eigenvalue weighted by Crippen LogP contribution is -2.31. The molecule has 0 aliphatic rings. The van der Waals surface area contributed by atoms with Crippen molar-refractivity contribution in [3.63, 3.8) is 0 Å². The van der Waals surface area contributed by atoms with Gasteiger partial charge < -0.3 is 10.4 Å². The summed E-state index contributed by atoms with van der Waals surface area (Å²) in [4.78, 5) is 16.2. The molecule has 0 aliphatic heterocycles. The zero-order chi connectivity index (χ0) is 14.5. The first-order valence-electron chi connectivity index (χ1n) is 6.50. The Kier molecular flexibility index (Phi) is 4.47. The largest absolute Gasteiger partial charge is 0.394 e. The van der Waals surface area contributed by atoms with E-state index in [4.69, 9.17) is 0 Å². The van der Waals surface area contributed by atoms with Crippen LogP contribution in [0.15, 0.2) is 30.3 Å². The fourth-order valence-electron chi connectivity index (χ4n) is 1.78. The van der Waals surface area contributed by atoms with Gasteiger partial charge in [0.15, 0.2) is 0 Å². The highest BCUT2D eigenvalue weighted by atomic mass is 16.3. The maximum atomic E-state index is 12.1. The quantitative estimate of drug-likeness (QED) is 0.768. The Morgan fingerprint density at radius 3 is 2.60 bits per heavy atom. The molecule has 3 N–H and O–H groups in total. The highest BCUT2D eigenvalue weighted by Crippen LogP contribution is 2.13. The Labute approximate surface area is 117 Å². The minimum atomic E-state index is -0.468. The van der Waals surface area contributed by atoms with E-state index in [1.807, 2.05) is 44.2 Å². The topological polar surface area (TPSA) is 90.9 Å². The Morgan fingerprint density at radius 2 is 2.05 bits per heavy atom. The molecule has 6 heteroatoms. The SMILES string of the molecule is CC(C)c1nc(C(=O)NC(CO)c2ccccc2)n[nH]1. The molecule has 0 saturated heterocycles. The van der Waals surface area contributed by atoms with Crippen molar-refractivity contribution < 1.29 is 9.90 Å². The highest BCUT2D eigenvalue weighted by molar-refractivity contribution is 5.90. The smallest absolute Gasteiger partial charge is 0.291 e. The summed E-state index contributed by atoms with van der Waals surface area (Å²) in [7, 11) is 0. The summed E-state index contributed by atoms with van der Waals surface area (Å²) in [6.07, 6.45) is 0. The Bertz CT molecular complexity index is 566. The molecule has 0 saturated carbocycles. The zero-order valence-corrected chi connectivity index (χ0v) is 11.5. The van der Waals surface area contributed by atoms with Crippen molar-refractivity contribution in [3.05, 3.63) is 47.5 Å². The second-order valence-electron chi connectivity index (χ2n) is 4.82. The molecule has 1 unspecified atom stereocenters. The lowest BCUT2D eigenvalue weighted by atomic mass is 10.1. The normalized spacial score (nSPS) is 12.4. The summed E-state index contributed by atoms with van der Waals surface area (Å²) in [6, 6.07) is 8.81. The molecule has 1 aromatic heterocycles. The first kappa shape index (κ1) is 14.2. The van der Waals surface area contributed by atoms with Crippen molar-refractivity contribution in [1.29, 1.82) is 0 Å². The number of hydrogen-bond acceptors (Lipinski definition) is 4. The Hall–Kier alpha value is -2.21. The number of aliphatic hydroxyl groups excluding tert-OH is 1. The van der Waals surface area contributed by atoms with Crippen LogP contribution in [0.5, 0.6) is 0 Å². The number of benzene rings is 1. The number of aliphatic hydroxyl groups is 1. The van der Waals surface area contributed by atoms with Crippen LogP contribution in [-0.4, -0.2) is 32.8 Å². The van der Waals surface area contributed by atoms with Crippen LogP contribution in [0.4, 0.5) is 0 Å². The number of hydrogen-bond donors (Lipinski definition) is 3. The summed E-state index contributed by atoms with van der Waals surface area (Å²) in [5.74, 6) is 0.515.